The van der Waals surface area contributed by atoms with Gasteiger partial charge in [0.25, 0.3) is 5.91 Å². The maximum Gasteiger partial charge on any atom is 0.257 e. The number of nitrogens with zero attached hydrogens (tertiary/aromatic N) is 1. The first-order chi connectivity index (χ1) is 10.7. The normalized spacial score (nSPS) is 20.8. The maximum absolute atomic E-state index is 12.3. The molecule has 22 heavy (non-hydrogen) atoms. The highest BCUT2D eigenvalue weighted by Crippen LogP contribution is 2.24. The van der Waals surface area contributed by atoms with Crippen molar-refractivity contribution in [2.45, 2.75) is 51.0 Å². The van der Waals surface area contributed by atoms with Gasteiger partial charge in [-0.3, -0.25) is 9.59 Å². The summed E-state index contributed by atoms with van der Waals surface area (Å²) in [5.41, 5.74) is 0.602. The van der Waals surface area contributed by atoms with Crippen molar-refractivity contribution >= 4 is 11.8 Å². The lowest BCUT2D eigenvalue weighted by Gasteiger charge is -2.33. The zero-order chi connectivity index (χ0) is 15.4. The second-order valence-electron chi connectivity index (χ2n) is 6.42. The Morgan fingerprint density at radius 1 is 1.09 bits per heavy atom. The van der Waals surface area contributed by atoms with Gasteiger partial charge in [-0.25, -0.2) is 0 Å². The number of furan rings is 1. The van der Waals surface area contributed by atoms with Gasteiger partial charge < -0.3 is 14.6 Å². The van der Waals surface area contributed by atoms with Crippen molar-refractivity contribution in [1.29, 1.82) is 0 Å². The van der Waals surface area contributed by atoms with Crippen LogP contribution in [0.15, 0.2) is 23.0 Å². The lowest BCUT2D eigenvalue weighted by atomic mass is 9.88. The topological polar surface area (TPSA) is 62.6 Å². The number of piperidine rings is 1. The van der Waals surface area contributed by atoms with Gasteiger partial charge in [0.15, 0.2) is 0 Å². The molecule has 1 aromatic rings. The molecule has 1 aliphatic heterocycles. The Kier molecular flexibility index (Phi) is 4.80. The Morgan fingerprint density at radius 2 is 1.82 bits per heavy atom. The summed E-state index contributed by atoms with van der Waals surface area (Å²) in [4.78, 5) is 26.3. The average Bonchev–Trinajstić information content (AvgIpc) is 3.10. The molecule has 2 aliphatic rings. The predicted octanol–water partition coefficient (Wildman–Crippen LogP) is 2.58. The fourth-order valence-corrected chi connectivity index (χ4v) is 3.48. The first-order valence-corrected chi connectivity index (χ1v) is 8.36. The van der Waals surface area contributed by atoms with Gasteiger partial charge in [0.1, 0.15) is 6.26 Å². The highest BCUT2D eigenvalue weighted by molar-refractivity contribution is 5.93. The quantitative estimate of drug-likeness (QED) is 0.933. The summed E-state index contributed by atoms with van der Waals surface area (Å²) >= 11 is 0. The highest BCUT2D eigenvalue weighted by atomic mass is 16.3. The lowest BCUT2D eigenvalue weighted by Crippen LogP contribution is -2.48. The van der Waals surface area contributed by atoms with E-state index in [9.17, 15) is 9.59 Å². The van der Waals surface area contributed by atoms with Gasteiger partial charge in [-0.2, -0.15) is 0 Å². The third kappa shape index (κ3) is 3.51. The molecule has 0 aromatic carbocycles. The third-order valence-corrected chi connectivity index (χ3v) is 4.87. The molecule has 0 spiro atoms. The molecule has 1 aromatic heterocycles. The largest absolute Gasteiger partial charge is 0.472 e. The van der Waals surface area contributed by atoms with Gasteiger partial charge in [-0.05, 0) is 31.7 Å². The fourth-order valence-electron chi connectivity index (χ4n) is 3.48. The summed E-state index contributed by atoms with van der Waals surface area (Å²) in [5.74, 6) is 0.449. The molecule has 2 heterocycles. The van der Waals surface area contributed by atoms with Crippen LogP contribution in [0.1, 0.15) is 55.3 Å². The SMILES string of the molecule is O=C(NC1CCN(C(=O)c2ccoc2)CC1)C1CCCCC1. The standard InChI is InChI=1S/C17H24N2O3/c20-16(13-4-2-1-3-5-13)18-15-6-9-19(10-7-15)17(21)14-8-11-22-12-14/h8,11-13,15H,1-7,9-10H2,(H,18,20). The van der Waals surface area contributed by atoms with E-state index in [1.807, 2.05) is 4.90 Å². The van der Waals surface area contributed by atoms with Crippen LogP contribution in [0.2, 0.25) is 0 Å². The maximum atomic E-state index is 12.3. The van der Waals surface area contributed by atoms with E-state index in [-0.39, 0.29) is 23.8 Å². The van der Waals surface area contributed by atoms with Crippen molar-refractivity contribution in [1.82, 2.24) is 10.2 Å². The number of amides is 2. The molecule has 1 saturated heterocycles. The van der Waals surface area contributed by atoms with E-state index in [4.69, 9.17) is 4.42 Å². The smallest absolute Gasteiger partial charge is 0.257 e. The van der Waals surface area contributed by atoms with Crippen LogP contribution in [0, 0.1) is 5.92 Å². The van der Waals surface area contributed by atoms with Crippen LogP contribution in [0.4, 0.5) is 0 Å². The Morgan fingerprint density at radius 3 is 2.45 bits per heavy atom. The van der Waals surface area contributed by atoms with Crippen molar-refractivity contribution < 1.29 is 14.0 Å². The lowest BCUT2D eigenvalue weighted by molar-refractivity contribution is -0.126. The molecule has 0 bridgehead atoms. The highest BCUT2D eigenvalue weighted by Gasteiger charge is 2.27. The number of nitrogens with one attached hydrogen (secondary N) is 1. The van der Waals surface area contributed by atoms with Crippen LogP contribution in [0.5, 0.6) is 0 Å². The van der Waals surface area contributed by atoms with Gasteiger partial charge in [-0.1, -0.05) is 19.3 Å². The van der Waals surface area contributed by atoms with Crippen molar-refractivity contribution in [2.75, 3.05) is 13.1 Å². The Balaban J connectivity index is 1.45. The molecule has 120 valence electrons. The van der Waals surface area contributed by atoms with Crippen LogP contribution in [0.25, 0.3) is 0 Å². The number of hydrogen-bond acceptors (Lipinski definition) is 3. The molecule has 0 unspecified atom stereocenters. The summed E-state index contributed by atoms with van der Waals surface area (Å²) in [6.07, 6.45) is 10.4. The van der Waals surface area contributed by atoms with E-state index in [0.29, 0.717) is 18.7 Å². The van der Waals surface area contributed by atoms with E-state index in [1.54, 1.807) is 6.07 Å². The number of carbonyl (C=O) groups is 2. The summed E-state index contributed by atoms with van der Waals surface area (Å²) in [6, 6.07) is 1.90. The van der Waals surface area contributed by atoms with Gasteiger partial charge in [0.2, 0.25) is 5.91 Å². The second-order valence-corrected chi connectivity index (χ2v) is 6.42. The Labute approximate surface area is 131 Å². The van der Waals surface area contributed by atoms with Crippen LogP contribution >= 0.6 is 0 Å². The van der Waals surface area contributed by atoms with E-state index < -0.39 is 0 Å². The summed E-state index contributed by atoms with van der Waals surface area (Å²) < 4.78 is 4.96. The molecule has 5 heteroatoms. The predicted molar refractivity (Wildman–Crippen MR) is 82.4 cm³/mol. The molecule has 0 atom stereocenters. The fraction of sp³-hybridized carbons (Fsp3) is 0.647. The summed E-state index contributed by atoms with van der Waals surface area (Å²) in [7, 11) is 0. The Hall–Kier alpha value is -1.78. The van der Waals surface area contributed by atoms with Crippen LogP contribution < -0.4 is 5.32 Å². The molecular formula is C17H24N2O3. The monoisotopic (exact) mass is 304 g/mol. The molecule has 1 saturated carbocycles. The minimum Gasteiger partial charge on any atom is -0.472 e. The molecular weight excluding hydrogens is 280 g/mol. The van der Waals surface area contributed by atoms with Crippen LogP contribution in [-0.2, 0) is 4.79 Å². The number of hydrogen-bond donors (Lipinski definition) is 1. The van der Waals surface area contributed by atoms with E-state index in [0.717, 1.165) is 25.7 Å². The zero-order valence-electron chi connectivity index (χ0n) is 12.9. The minimum atomic E-state index is 0.0193. The zero-order valence-corrected chi connectivity index (χ0v) is 12.9. The third-order valence-electron chi connectivity index (χ3n) is 4.87. The molecule has 0 radical (unpaired) electrons. The first-order valence-electron chi connectivity index (χ1n) is 8.36. The molecule has 5 nitrogen and oxygen atoms in total. The molecule has 2 fully saturated rings. The van der Waals surface area contributed by atoms with Crippen LogP contribution in [-0.4, -0.2) is 35.8 Å². The number of carbonyl (C=O) groups excluding carboxylic acids is 2. The summed E-state index contributed by atoms with van der Waals surface area (Å²) in [6.45, 7) is 1.39. The number of rotatable bonds is 3. The molecule has 3 rings (SSSR count). The van der Waals surface area contributed by atoms with Crippen molar-refractivity contribution in [3.63, 3.8) is 0 Å². The molecule has 2 amide bonds. The van der Waals surface area contributed by atoms with Gasteiger partial charge in [0, 0.05) is 25.0 Å². The first kappa shape index (κ1) is 15.1. The second kappa shape index (κ2) is 6.99. The van der Waals surface area contributed by atoms with E-state index >= 15 is 0 Å². The summed E-state index contributed by atoms with van der Waals surface area (Å²) in [5, 5.41) is 3.19. The molecule has 1 N–H and O–H groups in total. The van der Waals surface area contributed by atoms with Gasteiger partial charge in [-0.15, -0.1) is 0 Å². The van der Waals surface area contributed by atoms with E-state index in [2.05, 4.69) is 5.32 Å². The van der Waals surface area contributed by atoms with Crippen molar-refractivity contribution in [2.24, 2.45) is 5.92 Å². The number of likely N-dealkylation sites (tertiary alicyclic amines) is 1. The van der Waals surface area contributed by atoms with Gasteiger partial charge in [0.05, 0.1) is 11.8 Å². The average molecular weight is 304 g/mol. The van der Waals surface area contributed by atoms with E-state index in [1.165, 1.54) is 31.8 Å². The van der Waals surface area contributed by atoms with Crippen LogP contribution in [0.3, 0.4) is 0 Å². The minimum absolute atomic E-state index is 0.0193. The molecule has 1 aliphatic carbocycles. The Bertz CT molecular complexity index is 498. The van der Waals surface area contributed by atoms with Crippen molar-refractivity contribution in [3.8, 4) is 0 Å². The van der Waals surface area contributed by atoms with Crippen molar-refractivity contribution in [3.05, 3.63) is 24.2 Å². The van der Waals surface area contributed by atoms with Gasteiger partial charge >= 0.3 is 0 Å².